The summed E-state index contributed by atoms with van der Waals surface area (Å²) < 4.78 is 4.94. The van der Waals surface area contributed by atoms with Gasteiger partial charge in [0.05, 0.1) is 6.61 Å². The van der Waals surface area contributed by atoms with Crippen LogP contribution in [0.3, 0.4) is 0 Å². The molecule has 0 N–H and O–H groups in total. The van der Waals surface area contributed by atoms with Gasteiger partial charge < -0.3 is 9.64 Å². The van der Waals surface area contributed by atoms with E-state index in [-0.39, 0.29) is 11.9 Å². The third-order valence-corrected chi connectivity index (χ3v) is 2.81. The second-order valence-electron chi connectivity index (χ2n) is 4.22. The zero-order valence-electron chi connectivity index (χ0n) is 11.8. The minimum absolute atomic E-state index is 0.216. The Balaban J connectivity index is 4.42. The first-order valence-corrected chi connectivity index (χ1v) is 6.68. The highest BCUT2D eigenvalue weighted by Gasteiger charge is 2.24. The van der Waals surface area contributed by atoms with E-state index in [2.05, 4.69) is 13.5 Å². The van der Waals surface area contributed by atoms with Crippen LogP contribution in [-0.4, -0.2) is 36.0 Å². The maximum absolute atomic E-state index is 11.7. The predicted octanol–water partition coefficient (Wildman–Crippen LogP) is 2.53. The van der Waals surface area contributed by atoms with E-state index in [0.717, 1.165) is 25.7 Å². The molecule has 0 aliphatic carbocycles. The highest BCUT2D eigenvalue weighted by molar-refractivity contribution is 5.91. The number of hydrogen-bond donors (Lipinski definition) is 0. The predicted molar refractivity (Wildman–Crippen MR) is 72.1 cm³/mol. The van der Waals surface area contributed by atoms with Crippen LogP contribution in [0.4, 0.5) is 0 Å². The maximum Gasteiger partial charge on any atom is 0.328 e. The number of rotatable bonds is 9. The number of carbonyl (C=O) groups is 2. The Bertz CT molecular complexity index is 276. The SMILES string of the molecule is C=CC(=O)N(CCCCCC)C(C)C(=O)OCC. The molecule has 0 fully saturated rings. The van der Waals surface area contributed by atoms with Crippen molar-refractivity contribution < 1.29 is 14.3 Å². The summed E-state index contributed by atoms with van der Waals surface area (Å²) in [4.78, 5) is 24.9. The molecule has 0 saturated carbocycles. The van der Waals surface area contributed by atoms with Gasteiger partial charge in [-0.05, 0) is 26.3 Å². The van der Waals surface area contributed by atoms with Crippen molar-refractivity contribution in [3.8, 4) is 0 Å². The second kappa shape index (κ2) is 9.68. The minimum atomic E-state index is -0.544. The van der Waals surface area contributed by atoms with Gasteiger partial charge in [-0.15, -0.1) is 0 Å². The van der Waals surface area contributed by atoms with Crippen LogP contribution in [-0.2, 0) is 14.3 Å². The van der Waals surface area contributed by atoms with Crippen LogP contribution in [0.15, 0.2) is 12.7 Å². The van der Waals surface area contributed by atoms with Crippen molar-refractivity contribution in [1.82, 2.24) is 4.90 Å². The fourth-order valence-electron chi connectivity index (χ4n) is 1.71. The zero-order chi connectivity index (χ0) is 14.0. The molecule has 0 aromatic rings. The highest BCUT2D eigenvalue weighted by atomic mass is 16.5. The van der Waals surface area contributed by atoms with Crippen molar-refractivity contribution in [3.63, 3.8) is 0 Å². The molecule has 1 unspecified atom stereocenters. The molecular formula is C14H25NO3. The lowest BCUT2D eigenvalue weighted by atomic mass is 10.1. The molecule has 4 nitrogen and oxygen atoms in total. The van der Waals surface area contributed by atoms with Crippen molar-refractivity contribution in [3.05, 3.63) is 12.7 Å². The highest BCUT2D eigenvalue weighted by Crippen LogP contribution is 2.07. The molecule has 0 radical (unpaired) electrons. The average Bonchev–Trinajstić information content (AvgIpc) is 2.37. The van der Waals surface area contributed by atoms with Crippen LogP contribution in [0.1, 0.15) is 46.5 Å². The summed E-state index contributed by atoms with van der Waals surface area (Å²) in [6.45, 7) is 9.96. The van der Waals surface area contributed by atoms with E-state index in [0.29, 0.717) is 13.2 Å². The Morgan fingerprint density at radius 1 is 1.28 bits per heavy atom. The molecule has 0 aliphatic rings. The van der Waals surface area contributed by atoms with E-state index in [4.69, 9.17) is 4.74 Å². The molecule has 0 bridgehead atoms. The van der Waals surface area contributed by atoms with Gasteiger partial charge in [0.2, 0.25) is 5.91 Å². The summed E-state index contributed by atoms with van der Waals surface area (Å²) in [5.74, 6) is -0.574. The topological polar surface area (TPSA) is 46.6 Å². The van der Waals surface area contributed by atoms with E-state index in [9.17, 15) is 9.59 Å². The van der Waals surface area contributed by atoms with Crippen molar-refractivity contribution in [2.75, 3.05) is 13.2 Å². The molecule has 0 heterocycles. The molecule has 104 valence electrons. The number of nitrogens with zero attached hydrogens (tertiary/aromatic N) is 1. The average molecular weight is 255 g/mol. The van der Waals surface area contributed by atoms with Gasteiger partial charge in [-0.1, -0.05) is 32.8 Å². The van der Waals surface area contributed by atoms with Crippen LogP contribution >= 0.6 is 0 Å². The molecule has 0 aromatic heterocycles. The number of esters is 1. The molecule has 4 heteroatoms. The summed E-state index contributed by atoms with van der Waals surface area (Å²) in [6.07, 6.45) is 5.49. The second-order valence-corrected chi connectivity index (χ2v) is 4.22. The van der Waals surface area contributed by atoms with E-state index >= 15 is 0 Å². The number of carbonyl (C=O) groups excluding carboxylic acids is 2. The van der Waals surface area contributed by atoms with Gasteiger partial charge in [-0.2, -0.15) is 0 Å². The molecule has 0 rings (SSSR count). The fourth-order valence-corrected chi connectivity index (χ4v) is 1.71. The standard InChI is InChI=1S/C14H25NO3/c1-5-8-9-10-11-15(13(16)6-2)12(4)14(17)18-7-3/h6,12H,2,5,7-11H2,1,3-4H3. The number of amides is 1. The largest absolute Gasteiger partial charge is 0.464 e. The van der Waals surface area contributed by atoms with Gasteiger partial charge >= 0.3 is 5.97 Å². The van der Waals surface area contributed by atoms with Gasteiger partial charge in [0.1, 0.15) is 6.04 Å². The normalized spacial score (nSPS) is 11.7. The number of hydrogen-bond acceptors (Lipinski definition) is 3. The third-order valence-electron chi connectivity index (χ3n) is 2.81. The fraction of sp³-hybridized carbons (Fsp3) is 0.714. The van der Waals surface area contributed by atoms with Crippen LogP contribution in [0.2, 0.25) is 0 Å². The van der Waals surface area contributed by atoms with Gasteiger partial charge in [-0.25, -0.2) is 4.79 Å². The van der Waals surface area contributed by atoms with E-state index in [1.165, 1.54) is 11.0 Å². The smallest absolute Gasteiger partial charge is 0.328 e. The number of ether oxygens (including phenoxy) is 1. The Morgan fingerprint density at radius 2 is 1.94 bits per heavy atom. The maximum atomic E-state index is 11.7. The molecule has 1 atom stereocenters. The Labute approximate surface area is 110 Å². The molecular weight excluding hydrogens is 230 g/mol. The quantitative estimate of drug-likeness (QED) is 0.361. The molecule has 1 amide bonds. The Morgan fingerprint density at radius 3 is 2.44 bits per heavy atom. The molecule has 0 saturated heterocycles. The van der Waals surface area contributed by atoms with Crippen LogP contribution in [0, 0.1) is 0 Å². The van der Waals surface area contributed by atoms with Gasteiger partial charge in [-0.3, -0.25) is 4.79 Å². The zero-order valence-corrected chi connectivity index (χ0v) is 11.8. The summed E-state index contributed by atoms with van der Waals surface area (Å²) in [5, 5.41) is 0. The van der Waals surface area contributed by atoms with Crippen molar-refractivity contribution in [2.45, 2.75) is 52.5 Å². The van der Waals surface area contributed by atoms with Crippen molar-refractivity contribution in [1.29, 1.82) is 0 Å². The van der Waals surface area contributed by atoms with E-state index in [1.54, 1.807) is 13.8 Å². The lowest BCUT2D eigenvalue weighted by molar-refractivity contribution is -0.152. The van der Waals surface area contributed by atoms with E-state index < -0.39 is 6.04 Å². The lowest BCUT2D eigenvalue weighted by Crippen LogP contribution is -2.43. The van der Waals surface area contributed by atoms with Crippen LogP contribution in [0.25, 0.3) is 0 Å². The van der Waals surface area contributed by atoms with Gasteiger partial charge in [0.15, 0.2) is 0 Å². The summed E-state index contributed by atoms with van der Waals surface area (Å²) in [6, 6.07) is -0.544. The minimum Gasteiger partial charge on any atom is -0.464 e. The monoisotopic (exact) mass is 255 g/mol. The van der Waals surface area contributed by atoms with Crippen LogP contribution in [0.5, 0.6) is 0 Å². The molecule has 18 heavy (non-hydrogen) atoms. The summed E-state index contributed by atoms with van der Waals surface area (Å²) >= 11 is 0. The summed E-state index contributed by atoms with van der Waals surface area (Å²) in [5.41, 5.74) is 0. The third kappa shape index (κ3) is 5.84. The van der Waals surface area contributed by atoms with Crippen molar-refractivity contribution >= 4 is 11.9 Å². The van der Waals surface area contributed by atoms with Gasteiger partial charge in [0, 0.05) is 6.54 Å². The first-order valence-electron chi connectivity index (χ1n) is 6.68. The molecule has 0 spiro atoms. The molecule has 0 aromatic carbocycles. The van der Waals surface area contributed by atoms with Crippen molar-refractivity contribution in [2.24, 2.45) is 0 Å². The van der Waals surface area contributed by atoms with Crippen LogP contribution < -0.4 is 0 Å². The van der Waals surface area contributed by atoms with Gasteiger partial charge in [0.25, 0.3) is 0 Å². The van der Waals surface area contributed by atoms with E-state index in [1.807, 2.05) is 0 Å². The lowest BCUT2D eigenvalue weighted by Gasteiger charge is -2.26. The number of unbranched alkanes of at least 4 members (excludes halogenated alkanes) is 3. The summed E-state index contributed by atoms with van der Waals surface area (Å²) in [7, 11) is 0. The molecule has 0 aliphatic heterocycles. The Kier molecular flexibility index (Phi) is 8.97. The Hall–Kier alpha value is -1.32. The first-order chi connectivity index (χ1) is 8.58. The first kappa shape index (κ1) is 16.7.